The van der Waals surface area contributed by atoms with Crippen LogP contribution >= 0.6 is 0 Å². The zero-order valence-corrected chi connectivity index (χ0v) is 6.85. The molecule has 13 heavy (non-hydrogen) atoms. The number of hydrogen-bond acceptors (Lipinski definition) is 4. The van der Waals surface area contributed by atoms with Crippen LogP contribution in [0.4, 0.5) is 5.69 Å². The number of aldehydes is 1. The summed E-state index contributed by atoms with van der Waals surface area (Å²) in [6.07, 6.45) is 1.45. The van der Waals surface area contributed by atoms with Crippen LogP contribution in [0, 0.1) is 0 Å². The molecule has 6 nitrogen and oxygen atoms in total. The van der Waals surface area contributed by atoms with Gasteiger partial charge in [0, 0.05) is 13.2 Å². The van der Waals surface area contributed by atoms with E-state index >= 15 is 0 Å². The largest absolute Gasteiger partial charge is 0.315 e. The molecule has 0 saturated carbocycles. The van der Waals surface area contributed by atoms with Crippen LogP contribution in [0.15, 0.2) is 17.1 Å². The maximum Gasteiger partial charge on any atom is 0.290 e. The Morgan fingerprint density at radius 2 is 2.38 bits per heavy atom. The van der Waals surface area contributed by atoms with Crippen molar-refractivity contribution in [3.8, 4) is 0 Å². The first-order chi connectivity index (χ1) is 6.15. The molecule has 0 unspecified atom stereocenters. The molecule has 6 heteroatoms. The molecular formula is C7H7N3O3. The Hall–Kier alpha value is -1.98. The van der Waals surface area contributed by atoms with E-state index < -0.39 is 11.5 Å². The number of nitrogens with one attached hydrogen (secondary N) is 1. The summed E-state index contributed by atoms with van der Waals surface area (Å²) in [6, 6.07) is 1.32. The molecule has 0 fully saturated rings. The van der Waals surface area contributed by atoms with Gasteiger partial charge in [0.05, 0.1) is 0 Å². The van der Waals surface area contributed by atoms with Crippen LogP contribution in [0.25, 0.3) is 0 Å². The lowest BCUT2D eigenvalue weighted by Crippen LogP contribution is -2.25. The van der Waals surface area contributed by atoms with Crippen LogP contribution < -0.4 is 10.9 Å². The third kappa shape index (κ3) is 1.98. The van der Waals surface area contributed by atoms with E-state index in [1.165, 1.54) is 19.3 Å². The van der Waals surface area contributed by atoms with Crippen molar-refractivity contribution in [2.75, 3.05) is 5.32 Å². The Bertz CT molecular complexity index is 396. The van der Waals surface area contributed by atoms with Crippen molar-refractivity contribution in [2.24, 2.45) is 7.05 Å². The minimum Gasteiger partial charge on any atom is -0.315 e. The molecule has 0 aromatic carbocycles. The Kier molecular flexibility index (Phi) is 2.53. The van der Waals surface area contributed by atoms with Crippen LogP contribution in [0.2, 0.25) is 0 Å². The highest BCUT2D eigenvalue weighted by Crippen LogP contribution is 1.93. The number of carbonyl (C=O) groups is 2. The van der Waals surface area contributed by atoms with Crippen molar-refractivity contribution in [2.45, 2.75) is 0 Å². The molecule has 0 atom stereocenters. The number of hydrogen-bond donors (Lipinski definition) is 1. The summed E-state index contributed by atoms with van der Waals surface area (Å²) in [7, 11) is 1.44. The topological polar surface area (TPSA) is 81.1 Å². The average Bonchev–Trinajstić information content (AvgIpc) is 2.13. The molecule has 1 heterocycles. The summed E-state index contributed by atoms with van der Waals surface area (Å²) in [5.41, 5.74) is -0.424. The zero-order valence-electron chi connectivity index (χ0n) is 6.85. The monoisotopic (exact) mass is 181 g/mol. The first-order valence-electron chi connectivity index (χ1n) is 3.43. The van der Waals surface area contributed by atoms with Gasteiger partial charge in [0.15, 0.2) is 0 Å². The molecule has 0 spiro atoms. The summed E-state index contributed by atoms with van der Waals surface area (Å²) in [5, 5.41) is 5.76. The first kappa shape index (κ1) is 9.11. The predicted octanol–water partition coefficient (Wildman–Crippen LogP) is -1.08. The fourth-order valence-corrected chi connectivity index (χ4v) is 0.763. The second kappa shape index (κ2) is 3.61. The Morgan fingerprint density at radius 1 is 1.69 bits per heavy atom. The zero-order chi connectivity index (χ0) is 9.84. The molecule has 1 rings (SSSR count). The highest BCUT2D eigenvalue weighted by Gasteiger charge is 2.04. The number of anilines is 1. The molecule has 1 N–H and O–H groups in total. The molecule has 0 aliphatic heterocycles. The smallest absolute Gasteiger partial charge is 0.290 e. The average molecular weight is 181 g/mol. The van der Waals surface area contributed by atoms with E-state index in [1.807, 2.05) is 0 Å². The van der Waals surface area contributed by atoms with Crippen molar-refractivity contribution < 1.29 is 9.59 Å². The van der Waals surface area contributed by atoms with Crippen molar-refractivity contribution in [1.82, 2.24) is 9.78 Å². The van der Waals surface area contributed by atoms with Crippen molar-refractivity contribution in [1.29, 1.82) is 0 Å². The van der Waals surface area contributed by atoms with Gasteiger partial charge >= 0.3 is 0 Å². The van der Waals surface area contributed by atoms with Gasteiger partial charge in [-0.2, -0.15) is 5.10 Å². The Morgan fingerprint density at radius 3 is 3.00 bits per heavy atom. The maximum atomic E-state index is 11.2. The molecule has 0 saturated heterocycles. The molecule has 0 aliphatic rings. The highest BCUT2D eigenvalue weighted by atomic mass is 16.2. The Balaban J connectivity index is 3.02. The Labute approximate surface area is 73.2 Å². The van der Waals surface area contributed by atoms with E-state index in [-0.39, 0.29) is 12.0 Å². The van der Waals surface area contributed by atoms with E-state index in [9.17, 15) is 14.4 Å². The summed E-state index contributed by atoms with van der Waals surface area (Å²) in [5.74, 6) is -0.858. The number of aromatic nitrogens is 2. The lowest BCUT2D eigenvalue weighted by Gasteiger charge is -2.00. The fourth-order valence-electron chi connectivity index (χ4n) is 0.763. The summed E-state index contributed by atoms with van der Waals surface area (Å²) in [4.78, 5) is 31.8. The van der Waals surface area contributed by atoms with Gasteiger partial charge in [-0.1, -0.05) is 0 Å². The second-order valence-electron chi connectivity index (χ2n) is 2.28. The number of carbonyl (C=O) groups excluding carboxylic acids is 2. The van der Waals surface area contributed by atoms with Crippen LogP contribution in [0.1, 0.15) is 0 Å². The van der Waals surface area contributed by atoms with Crippen molar-refractivity contribution in [3.05, 3.63) is 22.6 Å². The second-order valence-corrected chi connectivity index (χ2v) is 2.28. The highest BCUT2D eigenvalue weighted by molar-refractivity contribution is 6.29. The molecule has 1 aromatic rings. The van der Waals surface area contributed by atoms with Gasteiger partial charge in [0.25, 0.3) is 11.5 Å². The molecule has 68 valence electrons. The van der Waals surface area contributed by atoms with Gasteiger partial charge in [-0.15, -0.1) is 0 Å². The molecule has 1 aromatic heterocycles. The minimum atomic E-state index is -0.858. The van der Waals surface area contributed by atoms with Gasteiger partial charge < -0.3 is 5.32 Å². The quantitative estimate of drug-likeness (QED) is 0.464. The van der Waals surface area contributed by atoms with Crippen molar-refractivity contribution in [3.63, 3.8) is 0 Å². The van der Waals surface area contributed by atoms with Crippen molar-refractivity contribution >= 4 is 17.9 Å². The van der Waals surface area contributed by atoms with E-state index in [2.05, 4.69) is 10.4 Å². The van der Waals surface area contributed by atoms with Crippen LogP contribution in [0.5, 0.6) is 0 Å². The van der Waals surface area contributed by atoms with Gasteiger partial charge in [-0.3, -0.25) is 14.4 Å². The number of nitrogens with zero attached hydrogens (tertiary/aromatic N) is 2. The third-order valence-corrected chi connectivity index (χ3v) is 1.37. The van der Waals surface area contributed by atoms with Gasteiger partial charge in [-0.25, -0.2) is 4.68 Å². The van der Waals surface area contributed by atoms with Gasteiger partial charge in [-0.05, 0) is 6.07 Å². The summed E-state index contributed by atoms with van der Waals surface area (Å²) >= 11 is 0. The number of rotatable bonds is 2. The van der Waals surface area contributed by atoms with Crippen LogP contribution in [-0.4, -0.2) is 22.0 Å². The van der Waals surface area contributed by atoms with E-state index in [1.54, 1.807) is 0 Å². The minimum absolute atomic E-state index is 0.0367. The van der Waals surface area contributed by atoms with E-state index in [4.69, 9.17) is 0 Å². The summed E-state index contributed by atoms with van der Waals surface area (Å²) < 4.78 is 1.06. The molecule has 1 amide bonds. The molecule has 0 radical (unpaired) electrons. The summed E-state index contributed by atoms with van der Waals surface area (Å²) in [6.45, 7) is 0. The predicted molar refractivity (Wildman–Crippen MR) is 44.2 cm³/mol. The van der Waals surface area contributed by atoms with Crippen LogP contribution in [-0.2, 0) is 16.6 Å². The lowest BCUT2D eigenvalue weighted by molar-refractivity contribution is -0.127. The lowest BCUT2D eigenvalue weighted by atomic mass is 10.4. The molecular weight excluding hydrogens is 174 g/mol. The number of amides is 1. The third-order valence-electron chi connectivity index (χ3n) is 1.37. The van der Waals surface area contributed by atoms with Gasteiger partial charge in [0.2, 0.25) is 6.29 Å². The number of aryl methyl sites for hydroxylation is 1. The van der Waals surface area contributed by atoms with Crippen LogP contribution in [0.3, 0.4) is 0 Å². The SMILES string of the molecule is Cn1nccc(NC(=O)C=O)c1=O. The normalized spacial score (nSPS) is 9.31. The van der Waals surface area contributed by atoms with Gasteiger partial charge in [0.1, 0.15) is 5.69 Å². The first-order valence-corrected chi connectivity index (χ1v) is 3.43. The standard InChI is InChI=1S/C7H7N3O3/c1-10-7(13)5(2-3-8-10)9-6(12)4-11/h2-4H,1H3,(H,9,12). The molecule has 0 aliphatic carbocycles. The maximum absolute atomic E-state index is 11.2. The fraction of sp³-hybridized carbons (Fsp3) is 0.143. The molecule has 0 bridgehead atoms. The van der Waals surface area contributed by atoms with E-state index in [0.29, 0.717) is 0 Å². The van der Waals surface area contributed by atoms with E-state index in [0.717, 1.165) is 4.68 Å².